The maximum atomic E-state index is 12.6. The number of hydrogen-bond acceptors (Lipinski definition) is 6. The second-order valence-electron chi connectivity index (χ2n) is 7.45. The van der Waals surface area contributed by atoms with Gasteiger partial charge in [-0.3, -0.25) is 0 Å². The second-order valence-corrected chi connectivity index (χ2v) is 8.50. The first kappa shape index (κ1) is 22.4. The van der Waals surface area contributed by atoms with Gasteiger partial charge in [-0.15, -0.1) is 11.3 Å². The third kappa shape index (κ3) is 5.27. The normalized spacial score (nSPS) is 10.8. The number of thiophene rings is 1. The van der Waals surface area contributed by atoms with Gasteiger partial charge in [0.15, 0.2) is 10.6 Å². The molecule has 0 fully saturated rings. The van der Waals surface area contributed by atoms with Crippen LogP contribution in [0.2, 0.25) is 0 Å². The molecule has 0 saturated carbocycles. The number of ether oxygens (including phenoxy) is 3. The summed E-state index contributed by atoms with van der Waals surface area (Å²) in [6.07, 6.45) is 0. The minimum Gasteiger partial charge on any atom is -0.495 e. The van der Waals surface area contributed by atoms with Crippen molar-refractivity contribution in [2.45, 2.75) is 20.8 Å². The topological polar surface area (TPSA) is 85.9 Å². The summed E-state index contributed by atoms with van der Waals surface area (Å²) in [6.45, 7) is 6.46. The SMILES string of the molecule is COC(=O)c1sc2ccc(NC(=O)Nc3cc(C)ccc3OC)cc2c1OCC(C)C. The Morgan fingerprint density at radius 2 is 1.84 bits per heavy atom. The van der Waals surface area contributed by atoms with E-state index in [-0.39, 0.29) is 5.92 Å². The number of amides is 2. The summed E-state index contributed by atoms with van der Waals surface area (Å²) in [4.78, 5) is 25.2. The Hall–Kier alpha value is -3.26. The highest BCUT2D eigenvalue weighted by atomic mass is 32.1. The zero-order valence-electron chi connectivity index (χ0n) is 18.2. The van der Waals surface area contributed by atoms with Crippen LogP contribution in [0.25, 0.3) is 10.1 Å². The molecule has 0 unspecified atom stereocenters. The molecule has 0 aliphatic rings. The van der Waals surface area contributed by atoms with Crippen LogP contribution in [0.3, 0.4) is 0 Å². The van der Waals surface area contributed by atoms with Crippen LogP contribution in [0.15, 0.2) is 36.4 Å². The summed E-state index contributed by atoms with van der Waals surface area (Å²) < 4.78 is 17.0. The number of aryl methyl sites for hydroxylation is 1. The van der Waals surface area contributed by atoms with E-state index in [4.69, 9.17) is 14.2 Å². The van der Waals surface area contributed by atoms with Crippen LogP contribution in [-0.4, -0.2) is 32.8 Å². The number of fused-ring (bicyclic) bond motifs is 1. The standard InChI is InChI=1S/C23H26N2O5S/c1-13(2)12-30-20-16-11-15(7-9-19(16)31-21(20)22(26)29-5)24-23(27)25-17-10-14(3)6-8-18(17)28-4/h6-11,13H,12H2,1-5H3,(H2,24,25,27). The lowest BCUT2D eigenvalue weighted by atomic mass is 10.2. The summed E-state index contributed by atoms with van der Waals surface area (Å²) >= 11 is 1.30. The molecule has 164 valence electrons. The lowest BCUT2D eigenvalue weighted by molar-refractivity contribution is 0.0601. The Labute approximate surface area is 185 Å². The predicted molar refractivity (Wildman–Crippen MR) is 124 cm³/mol. The smallest absolute Gasteiger partial charge is 0.351 e. The maximum Gasteiger partial charge on any atom is 0.351 e. The van der Waals surface area contributed by atoms with Crippen molar-refractivity contribution in [2.75, 3.05) is 31.5 Å². The van der Waals surface area contributed by atoms with Crippen molar-refractivity contribution >= 4 is 44.8 Å². The van der Waals surface area contributed by atoms with E-state index in [0.29, 0.717) is 34.4 Å². The average Bonchev–Trinajstić information content (AvgIpc) is 3.09. The molecular weight excluding hydrogens is 416 g/mol. The van der Waals surface area contributed by atoms with Crippen molar-refractivity contribution in [1.29, 1.82) is 0 Å². The average molecular weight is 443 g/mol. The molecule has 0 radical (unpaired) electrons. The molecule has 7 nitrogen and oxygen atoms in total. The van der Waals surface area contributed by atoms with E-state index in [1.807, 2.05) is 39.0 Å². The van der Waals surface area contributed by atoms with Crippen molar-refractivity contribution in [1.82, 2.24) is 0 Å². The van der Waals surface area contributed by atoms with E-state index >= 15 is 0 Å². The molecule has 2 aromatic carbocycles. The van der Waals surface area contributed by atoms with Gasteiger partial charge in [0.2, 0.25) is 0 Å². The van der Waals surface area contributed by atoms with Crippen molar-refractivity contribution in [3.8, 4) is 11.5 Å². The van der Waals surface area contributed by atoms with Crippen LogP contribution in [-0.2, 0) is 4.74 Å². The van der Waals surface area contributed by atoms with Crippen LogP contribution >= 0.6 is 11.3 Å². The van der Waals surface area contributed by atoms with Crippen LogP contribution in [0.5, 0.6) is 11.5 Å². The Morgan fingerprint density at radius 3 is 2.52 bits per heavy atom. The summed E-state index contributed by atoms with van der Waals surface area (Å²) in [5, 5.41) is 6.38. The van der Waals surface area contributed by atoms with Gasteiger partial charge in [-0.05, 0) is 48.7 Å². The Bertz CT molecular complexity index is 1110. The Balaban J connectivity index is 1.87. The van der Waals surface area contributed by atoms with E-state index in [0.717, 1.165) is 15.6 Å². The van der Waals surface area contributed by atoms with Crippen LogP contribution in [0.4, 0.5) is 16.2 Å². The van der Waals surface area contributed by atoms with Gasteiger partial charge in [0.1, 0.15) is 5.75 Å². The number of carbonyl (C=O) groups is 2. The number of benzene rings is 2. The largest absolute Gasteiger partial charge is 0.495 e. The van der Waals surface area contributed by atoms with Crippen LogP contribution in [0, 0.1) is 12.8 Å². The Kier molecular flexibility index (Phi) is 7.02. The number of methoxy groups -OCH3 is 2. The van der Waals surface area contributed by atoms with Crippen molar-refractivity contribution in [2.24, 2.45) is 5.92 Å². The van der Waals surface area contributed by atoms with Crippen molar-refractivity contribution < 1.29 is 23.8 Å². The number of carbonyl (C=O) groups excluding carboxylic acids is 2. The lowest BCUT2D eigenvalue weighted by Crippen LogP contribution is -2.19. The molecule has 0 aliphatic heterocycles. The number of nitrogens with one attached hydrogen (secondary N) is 2. The first-order valence-corrected chi connectivity index (χ1v) is 10.6. The number of hydrogen-bond donors (Lipinski definition) is 2. The van der Waals surface area contributed by atoms with Crippen LogP contribution in [0.1, 0.15) is 29.1 Å². The molecule has 8 heteroatoms. The predicted octanol–water partition coefficient (Wildman–Crippen LogP) is 5.68. The van der Waals surface area contributed by atoms with E-state index in [9.17, 15) is 9.59 Å². The third-order valence-electron chi connectivity index (χ3n) is 4.44. The second kappa shape index (κ2) is 9.70. The van der Waals surface area contributed by atoms with Gasteiger partial charge < -0.3 is 24.8 Å². The fourth-order valence-corrected chi connectivity index (χ4v) is 4.02. The number of urea groups is 1. The highest BCUT2D eigenvalue weighted by Gasteiger charge is 2.21. The van der Waals surface area contributed by atoms with Gasteiger partial charge in [0.25, 0.3) is 0 Å². The van der Waals surface area contributed by atoms with Gasteiger partial charge in [0.05, 0.1) is 26.5 Å². The first-order chi connectivity index (χ1) is 14.8. The molecule has 0 bridgehead atoms. The molecular formula is C23H26N2O5S. The van der Waals surface area contributed by atoms with Crippen molar-refractivity contribution in [3.63, 3.8) is 0 Å². The minimum atomic E-state index is -0.446. The molecule has 0 atom stereocenters. The van der Waals surface area contributed by atoms with Gasteiger partial charge in [-0.25, -0.2) is 9.59 Å². The minimum absolute atomic E-state index is 0.289. The molecule has 1 aromatic heterocycles. The molecule has 0 spiro atoms. The molecule has 2 N–H and O–H groups in total. The van der Waals surface area contributed by atoms with Gasteiger partial charge in [0, 0.05) is 15.8 Å². The third-order valence-corrected chi connectivity index (χ3v) is 5.57. The number of anilines is 2. The Morgan fingerprint density at radius 1 is 1.06 bits per heavy atom. The monoisotopic (exact) mass is 442 g/mol. The lowest BCUT2D eigenvalue weighted by Gasteiger charge is -2.12. The van der Waals surface area contributed by atoms with Gasteiger partial charge in [-0.2, -0.15) is 0 Å². The number of esters is 1. The molecule has 3 rings (SSSR count). The fourth-order valence-electron chi connectivity index (χ4n) is 2.98. The van der Waals surface area contributed by atoms with Crippen LogP contribution < -0.4 is 20.1 Å². The fraction of sp³-hybridized carbons (Fsp3) is 0.304. The first-order valence-electron chi connectivity index (χ1n) is 9.82. The highest BCUT2D eigenvalue weighted by Crippen LogP contribution is 2.40. The molecule has 2 amide bonds. The molecule has 3 aromatic rings. The van der Waals surface area contributed by atoms with E-state index in [1.54, 1.807) is 25.3 Å². The van der Waals surface area contributed by atoms with Crippen molar-refractivity contribution in [3.05, 3.63) is 46.8 Å². The zero-order chi connectivity index (χ0) is 22.5. The van der Waals surface area contributed by atoms with Gasteiger partial charge >= 0.3 is 12.0 Å². The van der Waals surface area contributed by atoms with E-state index < -0.39 is 12.0 Å². The van der Waals surface area contributed by atoms with Gasteiger partial charge in [-0.1, -0.05) is 19.9 Å². The molecule has 0 aliphatic carbocycles. The quantitative estimate of drug-likeness (QED) is 0.460. The van der Waals surface area contributed by atoms with E-state index in [1.165, 1.54) is 18.4 Å². The zero-order valence-corrected chi connectivity index (χ0v) is 19.0. The summed E-state index contributed by atoms with van der Waals surface area (Å²) in [5.74, 6) is 0.890. The van der Waals surface area contributed by atoms with E-state index in [2.05, 4.69) is 10.6 Å². The summed E-state index contributed by atoms with van der Waals surface area (Å²) in [5.41, 5.74) is 2.14. The molecule has 0 saturated heterocycles. The molecule has 1 heterocycles. The summed E-state index contributed by atoms with van der Waals surface area (Å²) in [6, 6.07) is 10.5. The number of rotatable bonds is 7. The maximum absolute atomic E-state index is 12.6. The summed E-state index contributed by atoms with van der Waals surface area (Å²) in [7, 11) is 2.89. The highest BCUT2D eigenvalue weighted by molar-refractivity contribution is 7.21. The molecule has 31 heavy (non-hydrogen) atoms.